The first-order chi connectivity index (χ1) is 9.44. The molecule has 6 heteroatoms. The van der Waals surface area contributed by atoms with Gasteiger partial charge in [-0.3, -0.25) is 0 Å². The van der Waals surface area contributed by atoms with Gasteiger partial charge in [-0.2, -0.15) is 0 Å². The molecule has 1 saturated heterocycles. The quantitative estimate of drug-likeness (QED) is 0.909. The Morgan fingerprint density at radius 1 is 1.45 bits per heavy atom. The molecule has 1 unspecified atom stereocenters. The lowest BCUT2D eigenvalue weighted by Crippen LogP contribution is -2.38. The average molecular weight is 278 g/mol. The zero-order valence-electron chi connectivity index (χ0n) is 12.3. The van der Waals surface area contributed by atoms with E-state index in [0.717, 1.165) is 18.8 Å². The SMILES string of the molecule is CC(C)(C)OC(=O)N1CCC(NCc2ncccn2)C1. The summed E-state index contributed by atoms with van der Waals surface area (Å²) in [7, 11) is 0. The number of likely N-dealkylation sites (tertiary alicyclic amines) is 1. The molecule has 110 valence electrons. The fourth-order valence-corrected chi connectivity index (χ4v) is 2.08. The first-order valence-electron chi connectivity index (χ1n) is 6.91. The summed E-state index contributed by atoms with van der Waals surface area (Å²) in [5, 5.41) is 3.37. The van der Waals surface area contributed by atoms with Gasteiger partial charge in [-0.25, -0.2) is 14.8 Å². The molecule has 1 aliphatic rings. The van der Waals surface area contributed by atoms with Crippen molar-refractivity contribution in [3.05, 3.63) is 24.3 Å². The van der Waals surface area contributed by atoms with Crippen molar-refractivity contribution >= 4 is 6.09 Å². The van der Waals surface area contributed by atoms with Crippen molar-refractivity contribution in [3.8, 4) is 0 Å². The molecule has 20 heavy (non-hydrogen) atoms. The molecule has 1 aliphatic heterocycles. The van der Waals surface area contributed by atoms with Crippen LogP contribution in [-0.4, -0.2) is 45.7 Å². The molecule has 1 aromatic heterocycles. The van der Waals surface area contributed by atoms with Crippen LogP contribution in [0.2, 0.25) is 0 Å². The minimum Gasteiger partial charge on any atom is -0.444 e. The summed E-state index contributed by atoms with van der Waals surface area (Å²) in [5.41, 5.74) is -0.444. The number of rotatable bonds is 3. The third-order valence-electron chi connectivity index (χ3n) is 3.01. The number of hydrogen-bond donors (Lipinski definition) is 1. The Hall–Kier alpha value is -1.69. The maximum absolute atomic E-state index is 11.9. The number of nitrogens with zero attached hydrogens (tertiary/aromatic N) is 3. The molecule has 0 aliphatic carbocycles. The van der Waals surface area contributed by atoms with Gasteiger partial charge in [0.1, 0.15) is 11.4 Å². The van der Waals surface area contributed by atoms with Crippen molar-refractivity contribution in [1.29, 1.82) is 0 Å². The van der Waals surface area contributed by atoms with E-state index >= 15 is 0 Å². The number of amides is 1. The second-order valence-electron chi connectivity index (χ2n) is 5.96. The van der Waals surface area contributed by atoms with Crippen LogP contribution in [-0.2, 0) is 11.3 Å². The maximum atomic E-state index is 11.9. The zero-order chi connectivity index (χ0) is 14.6. The minimum atomic E-state index is -0.444. The monoisotopic (exact) mass is 278 g/mol. The fraction of sp³-hybridized carbons (Fsp3) is 0.643. The van der Waals surface area contributed by atoms with Crippen molar-refractivity contribution in [2.45, 2.75) is 45.4 Å². The van der Waals surface area contributed by atoms with Crippen molar-refractivity contribution < 1.29 is 9.53 Å². The second-order valence-corrected chi connectivity index (χ2v) is 5.96. The largest absolute Gasteiger partial charge is 0.444 e. The van der Waals surface area contributed by atoms with Gasteiger partial charge in [-0.1, -0.05) is 0 Å². The number of nitrogens with one attached hydrogen (secondary N) is 1. The standard InChI is InChI=1S/C14H22N4O2/c1-14(2,3)20-13(19)18-8-5-11(10-18)17-9-12-15-6-4-7-16-12/h4,6-7,11,17H,5,8-10H2,1-3H3. The van der Waals surface area contributed by atoms with Crippen LogP contribution in [0.25, 0.3) is 0 Å². The Labute approximate surface area is 119 Å². The van der Waals surface area contributed by atoms with Crippen molar-refractivity contribution in [2.24, 2.45) is 0 Å². The van der Waals surface area contributed by atoms with Crippen molar-refractivity contribution in [1.82, 2.24) is 20.2 Å². The number of carbonyl (C=O) groups excluding carboxylic acids is 1. The molecule has 0 bridgehead atoms. The molecular weight excluding hydrogens is 256 g/mol. The Morgan fingerprint density at radius 3 is 2.80 bits per heavy atom. The minimum absolute atomic E-state index is 0.238. The number of hydrogen-bond acceptors (Lipinski definition) is 5. The molecule has 1 aromatic rings. The third-order valence-corrected chi connectivity index (χ3v) is 3.01. The van der Waals surface area contributed by atoms with E-state index in [0.29, 0.717) is 13.1 Å². The van der Waals surface area contributed by atoms with Crippen LogP contribution in [0.1, 0.15) is 33.0 Å². The highest BCUT2D eigenvalue weighted by atomic mass is 16.6. The summed E-state index contributed by atoms with van der Waals surface area (Å²) < 4.78 is 5.37. The van der Waals surface area contributed by atoms with Crippen LogP contribution in [0.15, 0.2) is 18.5 Å². The van der Waals surface area contributed by atoms with Gasteiger partial charge in [0.15, 0.2) is 0 Å². The lowest BCUT2D eigenvalue weighted by molar-refractivity contribution is 0.0291. The molecule has 0 aromatic carbocycles. The third kappa shape index (κ3) is 4.45. The zero-order valence-corrected chi connectivity index (χ0v) is 12.3. The molecule has 1 fully saturated rings. The summed E-state index contributed by atoms with van der Waals surface area (Å²) in [6, 6.07) is 2.06. The molecule has 1 amide bonds. The Kier molecular flexibility index (Phi) is 4.54. The topological polar surface area (TPSA) is 67.3 Å². The molecule has 2 heterocycles. The van der Waals surface area contributed by atoms with Crippen LogP contribution in [0.4, 0.5) is 4.79 Å². The number of ether oxygens (including phenoxy) is 1. The van der Waals surface area contributed by atoms with Gasteiger partial charge in [-0.15, -0.1) is 0 Å². The van der Waals surface area contributed by atoms with Crippen molar-refractivity contribution in [2.75, 3.05) is 13.1 Å². The predicted molar refractivity (Wildman–Crippen MR) is 75.1 cm³/mol. The van der Waals surface area contributed by atoms with E-state index in [9.17, 15) is 4.79 Å². The summed E-state index contributed by atoms with van der Waals surface area (Å²) in [6.07, 6.45) is 4.14. The van der Waals surface area contributed by atoms with E-state index in [1.165, 1.54) is 0 Å². The van der Waals surface area contributed by atoms with Gasteiger partial charge in [0.05, 0.1) is 6.54 Å². The van der Waals surface area contributed by atoms with Crippen LogP contribution >= 0.6 is 0 Å². The highest BCUT2D eigenvalue weighted by Crippen LogP contribution is 2.15. The van der Waals surface area contributed by atoms with Crippen molar-refractivity contribution in [3.63, 3.8) is 0 Å². The number of aromatic nitrogens is 2. The Bertz CT molecular complexity index is 444. The second kappa shape index (κ2) is 6.17. The van der Waals surface area contributed by atoms with Crippen LogP contribution < -0.4 is 5.32 Å². The Balaban J connectivity index is 1.76. The highest BCUT2D eigenvalue weighted by Gasteiger charge is 2.29. The van der Waals surface area contributed by atoms with Gasteiger partial charge < -0.3 is 15.0 Å². The molecule has 1 atom stereocenters. The lowest BCUT2D eigenvalue weighted by Gasteiger charge is -2.24. The van der Waals surface area contributed by atoms with E-state index in [-0.39, 0.29) is 12.1 Å². The van der Waals surface area contributed by atoms with Gasteiger partial charge in [-0.05, 0) is 33.3 Å². The van der Waals surface area contributed by atoms with Gasteiger partial charge >= 0.3 is 6.09 Å². The molecule has 6 nitrogen and oxygen atoms in total. The van der Waals surface area contributed by atoms with Crippen LogP contribution in [0.5, 0.6) is 0 Å². The molecular formula is C14H22N4O2. The van der Waals surface area contributed by atoms with Crippen LogP contribution in [0, 0.1) is 0 Å². The van der Waals surface area contributed by atoms with Crippen LogP contribution in [0.3, 0.4) is 0 Å². The van der Waals surface area contributed by atoms with Gasteiger partial charge in [0.2, 0.25) is 0 Å². The average Bonchev–Trinajstić information content (AvgIpc) is 2.84. The predicted octanol–water partition coefficient (Wildman–Crippen LogP) is 1.58. The molecule has 2 rings (SSSR count). The molecule has 0 saturated carbocycles. The van der Waals surface area contributed by atoms with Gasteiger partial charge in [0.25, 0.3) is 0 Å². The summed E-state index contributed by atoms with van der Waals surface area (Å²) in [6.45, 7) is 7.65. The molecule has 1 N–H and O–H groups in total. The Morgan fingerprint density at radius 2 is 2.15 bits per heavy atom. The number of carbonyl (C=O) groups is 1. The normalized spacial score (nSPS) is 19.1. The smallest absolute Gasteiger partial charge is 0.410 e. The lowest BCUT2D eigenvalue weighted by atomic mass is 10.2. The molecule has 0 spiro atoms. The maximum Gasteiger partial charge on any atom is 0.410 e. The van der Waals surface area contributed by atoms with E-state index in [1.807, 2.05) is 20.8 Å². The molecule has 0 radical (unpaired) electrons. The summed E-state index contributed by atoms with van der Waals surface area (Å²) in [4.78, 5) is 22.0. The van der Waals surface area contributed by atoms with E-state index in [1.54, 1.807) is 23.4 Å². The first kappa shape index (κ1) is 14.7. The van der Waals surface area contributed by atoms with E-state index < -0.39 is 5.60 Å². The van der Waals surface area contributed by atoms with Gasteiger partial charge in [0, 0.05) is 31.5 Å². The summed E-state index contributed by atoms with van der Waals surface area (Å²) in [5.74, 6) is 0.767. The highest BCUT2D eigenvalue weighted by molar-refractivity contribution is 5.68. The summed E-state index contributed by atoms with van der Waals surface area (Å²) >= 11 is 0. The fourth-order valence-electron chi connectivity index (χ4n) is 2.08. The van der Waals surface area contributed by atoms with E-state index in [4.69, 9.17) is 4.74 Å². The van der Waals surface area contributed by atoms with E-state index in [2.05, 4.69) is 15.3 Å². The first-order valence-corrected chi connectivity index (χ1v) is 6.91.